The zero-order chi connectivity index (χ0) is 12.4. The largest absolute Gasteiger partial charge is 0.354 e. The van der Waals surface area contributed by atoms with E-state index in [4.69, 9.17) is 5.73 Å². The third kappa shape index (κ3) is 3.85. The maximum absolute atomic E-state index is 11.9. The molecular formula is C12H22ClN3O2. The summed E-state index contributed by atoms with van der Waals surface area (Å²) in [4.78, 5) is 25.0. The molecule has 0 aromatic carbocycles. The van der Waals surface area contributed by atoms with Crippen LogP contribution in [0, 0.1) is 11.8 Å². The van der Waals surface area contributed by atoms with Crippen molar-refractivity contribution in [3.63, 3.8) is 0 Å². The Bertz CT molecular complexity index is 320. The van der Waals surface area contributed by atoms with Crippen LogP contribution >= 0.6 is 12.4 Å². The van der Waals surface area contributed by atoms with E-state index in [0.29, 0.717) is 25.4 Å². The van der Waals surface area contributed by atoms with Gasteiger partial charge in [-0.25, -0.2) is 0 Å². The van der Waals surface area contributed by atoms with E-state index in [0.717, 1.165) is 6.42 Å². The van der Waals surface area contributed by atoms with Gasteiger partial charge < -0.3 is 16.0 Å². The molecule has 1 aliphatic heterocycles. The summed E-state index contributed by atoms with van der Waals surface area (Å²) in [5.41, 5.74) is 5.92. The molecule has 5 nitrogen and oxygen atoms in total. The van der Waals surface area contributed by atoms with Crippen LogP contribution in [0.3, 0.4) is 0 Å². The van der Waals surface area contributed by atoms with Crippen LogP contribution in [0.2, 0.25) is 0 Å². The number of carbonyl (C=O) groups is 2. The van der Waals surface area contributed by atoms with E-state index in [-0.39, 0.29) is 36.2 Å². The minimum Gasteiger partial charge on any atom is -0.354 e. The molecule has 0 radical (unpaired) electrons. The molecule has 1 saturated carbocycles. The number of hydrogen-bond donors (Lipinski definition) is 2. The second kappa shape index (κ2) is 6.38. The number of carbonyl (C=O) groups excluding carboxylic acids is 2. The molecule has 3 N–H and O–H groups in total. The fourth-order valence-corrected chi connectivity index (χ4v) is 2.22. The minimum absolute atomic E-state index is 0. The molecule has 18 heavy (non-hydrogen) atoms. The molecule has 6 heteroatoms. The molecule has 1 saturated heterocycles. The normalized spacial score (nSPS) is 25.3. The Morgan fingerprint density at radius 2 is 2.17 bits per heavy atom. The van der Waals surface area contributed by atoms with Crippen LogP contribution in [0.25, 0.3) is 0 Å². The molecule has 0 spiro atoms. The van der Waals surface area contributed by atoms with Gasteiger partial charge >= 0.3 is 0 Å². The third-order valence-electron chi connectivity index (χ3n) is 3.77. The van der Waals surface area contributed by atoms with Crippen LogP contribution in [0.5, 0.6) is 0 Å². The smallest absolute Gasteiger partial charge is 0.223 e. The molecule has 2 unspecified atom stereocenters. The standard InChI is InChI=1S/C12H21N3O2.ClH/c1-15-5-4-9(6-11(15)16)12(17)14-7-10(13)8-2-3-8;/h8-10H,2-7,13H2,1H3,(H,14,17);1H. The van der Waals surface area contributed by atoms with Crippen molar-refractivity contribution < 1.29 is 9.59 Å². The van der Waals surface area contributed by atoms with E-state index < -0.39 is 0 Å². The highest BCUT2D eigenvalue weighted by Gasteiger charge is 2.31. The van der Waals surface area contributed by atoms with E-state index in [9.17, 15) is 9.59 Å². The zero-order valence-corrected chi connectivity index (χ0v) is 11.5. The first-order valence-corrected chi connectivity index (χ1v) is 6.35. The van der Waals surface area contributed by atoms with Crippen molar-refractivity contribution in [2.45, 2.75) is 31.7 Å². The van der Waals surface area contributed by atoms with Gasteiger partial charge in [0.15, 0.2) is 0 Å². The van der Waals surface area contributed by atoms with Gasteiger partial charge in [0.2, 0.25) is 11.8 Å². The van der Waals surface area contributed by atoms with Crippen molar-refractivity contribution in [1.82, 2.24) is 10.2 Å². The maximum atomic E-state index is 11.9. The van der Waals surface area contributed by atoms with Crippen molar-refractivity contribution in [1.29, 1.82) is 0 Å². The predicted octanol–water partition coefficient (Wildman–Crippen LogP) is 0.130. The second-order valence-electron chi connectivity index (χ2n) is 5.25. The highest BCUT2D eigenvalue weighted by atomic mass is 35.5. The number of amides is 2. The Morgan fingerprint density at radius 1 is 1.50 bits per heavy atom. The zero-order valence-electron chi connectivity index (χ0n) is 10.7. The Balaban J connectivity index is 0.00000162. The minimum atomic E-state index is -0.162. The van der Waals surface area contributed by atoms with Gasteiger partial charge in [0.05, 0.1) is 0 Å². The Hall–Kier alpha value is -0.810. The third-order valence-corrected chi connectivity index (χ3v) is 3.77. The van der Waals surface area contributed by atoms with Crippen molar-refractivity contribution in [2.75, 3.05) is 20.1 Å². The molecule has 1 heterocycles. The lowest BCUT2D eigenvalue weighted by Crippen LogP contribution is -2.45. The number of halogens is 1. The number of nitrogens with zero attached hydrogens (tertiary/aromatic N) is 1. The molecule has 1 aliphatic carbocycles. The van der Waals surface area contributed by atoms with E-state index >= 15 is 0 Å². The van der Waals surface area contributed by atoms with Gasteiger partial charge in [-0.3, -0.25) is 9.59 Å². The molecule has 0 aromatic heterocycles. The number of nitrogens with one attached hydrogen (secondary N) is 1. The van der Waals surface area contributed by atoms with Gasteiger partial charge in [-0.05, 0) is 25.2 Å². The van der Waals surface area contributed by atoms with Crippen LogP contribution < -0.4 is 11.1 Å². The summed E-state index contributed by atoms with van der Waals surface area (Å²) in [6.45, 7) is 1.22. The summed E-state index contributed by atoms with van der Waals surface area (Å²) in [6.07, 6.45) is 3.46. The van der Waals surface area contributed by atoms with Crippen molar-refractivity contribution in [3.8, 4) is 0 Å². The van der Waals surface area contributed by atoms with Crippen LogP contribution in [-0.2, 0) is 9.59 Å². The molecular weight excluding hydrogens is 254 g/mol. The lowest BCUT2D eigenvalue weighted by Gasteiger charge is -2.28. The molecule has 2 rings (SSSR count). The summed E-state index contributed by atoms with van der Waals surface area (Å²) >= 11 is 0. The van der Waals surface area contributed by atoms with E-state index in [1.807, 2.05) is 0 Å². The van der Waals surface area contributed by atoms with Gasteiger partial charge in [-0.2, -0.15) is 0 Å². The van der Waals surface area contributed by atoms with Gasteiger partial charge in [-0.15, -0.1) is 12.4 Å². The van der Waals surface area contributed by atoms with Crippen LogP contribution in [0.1, 0.15) is 25.7 Å². The second-order valence-corrected chi connectivity index (χ2v) is 5.25. The van der Waals surface area contributed by atoms with Crippen LogP contribution in [0.4, 0.5) is 0 Å². The van der Waals surface area contributed by atoms with E-state index in [1.54, 1.807) is 11.9 Å². The summed E-state index contributed by atoms with van der Waals surface area (Å²) in [7, 11) is 1.78. The van der Waals surface area contributed by atoms with Crippen molar-refractivity contribution in [2.24, 2.45) is 17.6 Å². The van der Waals surface area contributed by atoms with Gasteiger partial charge in [0.1, 0.15) is 0 Å². The molecule has 2 atom stereocenters. The number of hydrogen-bond acceptors (Lipinski definition) is 3. The molecule has 2 fully saturated rings. The van der Waals surface area contributed by atoms with Crippen LogP contribution in [0.15, 0.2) is 0 Å². The Kier molecular flexibility index (Phi) is 5.41. The van der Waals surface area contributed by atoms with Gasteiger partial charge in [0, 0.05) is 38.5 Å². The Morgan fingerprint density at radius 3 is 2.72 bits per heavy atom. The van der Waals surface area contributed by atoms with Gasteiger partial charge in [0.25, 0.3) is 0 Å². The van der Waals surface area contributed by atoms with Crippen LogP contribution in [-0.4, -0.2) is 42.9 Å². The van der Waals surface area contributed by atoms with Crippen molar-refractivity contribution >= 4 is 24.2 Å². The van der Waals surface area contributed by atoms with E-state index in [1.165, 1.54) is 12.8 Å². The number of rotatable bonds is 4. The quantitative estimate of drug-likeness (QED) is 0.766. The number of nitrogens with two attached hydrogens (primary N) is 1. The molecule has 104 valence electrons. The molecule has 2 amide bonds. The average Bonchev–Trinajstić information content (AvgIpc) is 3.13. The number of piperidine rings is 1. The summed E-state index contributed by atoms with van der Waals surface area (Å²) < 4.78 is 0. The fraction of sp³-hybridized carbons (Fsp3) is 0.833. The lowest BCUT2D eigenvalue weighted by molar-refractivity contribution is -0.139. The van der Waals surface area contributed by atoms with E-state index in [2.05, 4.69) is 5.32 Å². The SMILES string of the molecule is CN1CCC(C(=O)NCC(N)C2CC2)CC1=O.Cl. The summed E-state index contributed by atoms with van der Waals surface area (Å²) in [5, 5.41) is 2.87. The topological polar surface area (TPSA) is 75.4 Å². The van der Waals surface area contributed by atoms with Crippen molar-refractivity contribution in [3.05, 3.63) is 0 Å². The molecule has 0 bridgehead atoms. The maximum Gasteiger partial charge on any atom is 0.223 e. The highest BCUT2D eigenvalue weighted by Crippen LogP contribution is 2.31. The lowest BCUT2D eigenvalue weighted by atomic mass is 9.95. The first-order chi connectivity index (χ1) is 8.08. The summed E-state index contributed by atoms with van der Waals surface area (Å²) in [5.74, 6) is 0.477. The first-order valence-electron chi connectivity index (χ1n) is 6.35. The monoisotopic (exact) mass is 275 g/mol. The molecule has 0 aromatic rings. The molecule has 2 aliphatic rings. The number of likely N-dealkylation sites (tertiary alicyclic amines) is 1. The first kappa shape index (κ1) is 15.2. The predicted molar refractivity (Wildman–Crippen MR) is 71.3 cm³/mol. The van der Waals surface area contributed by atoms with Gasteiger partial charge in [-0.1, -0.05) is 0 Å². The fourth-order valence-electron chi connectivity index (χ4n) is 2.22. The highest BCUT2D eigenvalue weighted by molar-refractivity contribution is 5.86. The Labute approximate surface area is 114 Å². The average molecular weight is 276 g/mol. The summed E-state index contributed by atoms with van der Waals surface area (Å²) in [6, 6.07) is 0.0842.